The van der Waals surface area contributed by atoms with Crippen LogP contribution in [-0.4, -0.2) is 222 Å². The third-order valence-corrected chi connectivity index (χ3v) is 18.6. The highest BCUT2D eigenvalue weighted by Gasteiger charge is 2.36. The number of carbonyl (C=O) groups is 15. The molecule has 42 nitrogen and oxygen atoms in total. The summed E-state index contributed by atoms with van der Waals surface area (Å²) in [6, 6.07) is 11.1. The van der Waals surface area contributed by atoms with E-state index in [0.717, 1.165) is 6.20 Å². The van der Waals surface area contributed by atoms with Crippen molar-refractivity contribution in [1.82, 2.24) is 84.7 Å². The van der Waals surface area contributed by atoms with Gasteiger partial charge in [-0.3, -0.25) is 87.3 Å². The molecule has 620 valence electrons. The summed E-state index contributed by atoms with van der Waals surface area (Å²) in [5.74, 6) is -15.6. The molecule has 1 aromatic heterocycles. The molecule has 2 saturated heterocycles. The van der Waals surface area contributed by atoms with Gasteiger partial charge in [-0.05, 0) is 106 Å². The fourth-order valence-corrected chi connectivity index (χ4v) is 12.5. The predicted molar refractivity (Wildman–Crippen MR) is 407 cm³/mol. The summed E-state index contributed by atoms with van der Waals surface area (Å²) in [5, 5.41) is 80.4. The highest BCUT2D eigenvalue weighted by Crippen LogP contribution is 2.19. The Morgan fingerprint density at radius 1 is 0.496 bits per heavy atom. The summed E-state index contributed by atoms with van der Waals surface area (Å²) in [7, 11) is -4.60. The number of nitrogens with one attached hydrogen (secondary N) is 17. The molecular formula is C72H96N22O20S. The van der Waals surface area contributed by atoms with Crippen LogP contribution in [0.1, 0.15) is 117 Å². The first kappa shape index (κ1) is 90.8. The maximum atomic E-state index is 14.5. The number of rotatable bonds is 36. The number of carboxylic acid groups (broad SMARTS) is 2. The fourth-order valence-electron chi connectivity index (χ4n) is 11.8. The summed E-state index contributed by atoms with van der Waals surface area (Å²) in [6.07, 6.45) is -1.84. The van der Waals surface area contributed by atoms with E-state index in [0.29, 0.717) is 11.1 Å². The van der Waals surface area contributed by atoms with Crippen molar-refractivity contribution in [2.45, 2.75) is 169 Å². The lowest BCUT2D eigenvalue weighted by Gasteiger charge is -2.26. The van der Waals surface area contributed by atoms with Gasteiger partial charge in [0.1, 0.15) is 54.4 Å². The molecule has 0 aliphatic carbocycles. The molecule has 2 fully saturated rings. The summed E-state index contributed by atoms with van der Waals surface area (Å²) < 4.78 is 33.5. The maximum absolute atomic E-state index is 14.5. The van der Waals surface area contributed by atoms with Crippen molar-refractivity contribution in [3.8, 4) is 0 Å². The minimum atomic E-state index is -4.60. The molecule has 115 heavy (non-hydrogen) atoms. The lowest BCUT2D eigenvalue weighted by molar-refractivity contribution is -0.141. The smallest absolute Gasteiger partial charge is 0.305 e. The number of pyridine rings is 1. The van der Waals surface area contributed by atoms with E-state index in [4.69, 9.17) is 22.3 Å². The van der Waals surface area contributed by atoms with Gasteiger partial charge in [-0.1, -0.05) is 78.9 Å². The summed E-state index contributed by atoms with van der Waals surface area (Å²) in [5.41, 5.74) is 11.9. The zero-order chi connectivity index (χ0) is 84.0. The van der Waals surface area contributed by atoms with E-state index in [1.54, 1.807) is 60.7 Å². The van der Waals surface area contributed by atoms with Crippen molar-refractivity contribution in [3.05, 3.63) is 126 Å². The predicted octanol–water partition coefficient (Wildman–Crippen LogP) is -3.84. The quantitative estimate of drug-likeness (QED) is 0.00682. The lowest BCUT2D eigenvalue weighted by atomic mass is 10.0. The van der Waals surface area contributed by atoms with Gasteiger partial charge >= 0.3 is 11.9 Å². The summed E-state index contributed by atoms with van der Waals surface area (Å²) in [4.78, 5) is 208. The van der Waals surface area contributed by atoms with Crippen LogP contribution in [0.4, 0.5) is 5.82 Å². The van der Waals surface area contributed by atoms with Crippen molar-refractivity contribution in [2.24, 2.45) is 21.7 Å². The second-order valence-electron chi connectivity index (χ2n) is 26.7. The Bertz CT molecular complexity index is 4280. The van der Waals surface area contributed by atoms with E-state index in [2.05, 4.69) is 95.0 Å². The molecule has 9 atom stereocenters. The number of amides is 13. The molecular weight excluding hydrogens is 1520 g/mol. The number of hydrogen-bond acceptors (Lipinski definition) is 22. The van der Waals surface area contributed by atoms with E-state index in [1.165, 1.54) is 36.4 Å². The number of azo groups is 1. The topological polar surface area (TPSA) is 669 Å². The second-order valence-corrected chi connectivity index (χ2v) is 28.1. The number of nitrogens with zero attached hydrogens (tertiary/aromatic N) is 3. The number of aromatic nitrogens is 1. The number of nitrogens with two attached hydrogens (primary N) is 2. The monoisotopic (exact) mass is 1620 g/mol. The molecule has 3 heterocycles. The van der Waals surface area contributed by atoms with E-state index in [1.807, 2.05) is 0 Å². The zero-order valence-electron chi connectivity index (χ0n) is 62.5. The van der Waals surface area contributed by atoms with Gasteiger partial charge in [0.2, 0.25) is 70.9 Å². The van der Waals surface area contributed by atoms with Crippen molar-refractivity contribution in [3.63, 3.8) is 0 Å². The summed E-state index contributed by atoms with van der Waals surface area (Å²) >= 11 is 0. The Morgan fingerprint density at radius 3 is 1.35 bits per heavy atom. The minimum absolute atomic E-state index is 0.0375. The van der Waals surface area contributed by atoms with Crippen LogP contribution in [0, 0.1) is 10.8 Å². The Balaban J connectivity index is 1.19. The second kappa shape index (κ2) is 46.7. The van der Waals surface area contributed by atoms with Crippen LogP contribution in [-0.2, 0) is 96.6 Å². The molecule has 43 heteroatoms. The van der Waals surface area contributed by atoms with Gasteiger partial charge in [-0.25, -0.2) is 4.98 Å². The molecule has 2 aliphatic rings. The average molecular weight is 1620 g/mol. The maximum Gasteiger partial charge on any atom is 0.305 e. The third kappa shape index (κ3) is 33.0. The van der Waals surface area contributed by atoms with Crippen LogP contribution in [0.25, 0.3) is 0 Å². The SMILES string of the molecule is N=C(N)NCCC[C@@H]1NC(=O)CNC(=O)[C@@H](CC(=O)O)NC(=O)[C@@H](Cc2ccccc2)NC(=O)C(CCCCNC(=O)C(CCC(=O)NCCCC[C@H]2NC(=O)[C@H](CCCNC(=N)N)NC(=O)CNC(=O)[C@@H](CC(=O)O)NC(=O)[C@@H](Cc3ccccc3)NC2=O)NC(=O)c2ccc(N=NCc3ccccc3S(=O)(=O)O)nc2)NC1=O. The van der Waals surface area contributed by atoms with Crippen LogP contribution < -0.4 is 91.2 Å². The molecule has 2 aliphatic heterocycles. The number of carbonyl (C=O) groups excluding carboxylic acids is 13. The number of hydrogen-bond donors (Lipinski definition) is 22. The van der Waals surface area contributed by atoms with Crippen LogP contribution in [0.15, 0.2) is 118 Å². The molecule has 3 aromatic carbocycles. The van der Waals surface area contributed by atoms with Gasteiger partial charge in [0.05, 0.1) is 42.9 Å². The fraction of sp³-hybridized carbons (Fsp3) is 0.444. The number of aliphatic carboxylic acids is 2. The van der Waals surface area contributed by atoms with Gasteiger partial charge in [0, 0.05) is 51.6 Å². The van der Waals surface area contributed by atoms with Gasteiger partial charge in [0.25, 0.3) is 16.0 Å². The molecule has 24 N–H and O–H groups in total. The molecule has 2 unspecified atom stereocenters. The average Bonchev–Trinajstić information content (AvgIpc) is 1.56. The Morgan fingerprint density at radius 2 is 0.904 bits per heavy atom. The van der Waals surface area contributed by atoms with Crippen LogP contribution in [0.3, 0.4) is 0 Å². The molecule has 0 saturated carbocycles. The van der Waals surface area contributed by atoms with E-state index >= 15 is 0 Å². The van der Waals surface area contributed by atoms with Crippen molar-refractivity contribution in [2.75, 3.05) is 39.3 Å². The Hall–Kier alpha value is -13.1. The van der Waals surface area contributed by atoms with E-state index < -0.39 is 190 Å². The van der Waals surface area contributed by atoms with Crippen molar-refractivity contribution < 1.29 is 95.1 Å². The number of guanidine groups is 2. The highest BCUT2D eigenvalue weighted by atomic mass is 32.2. The van der Waals surface area contributed by atoms with Crippen LogP contribution >= 0.6 is 0 Å². The normalized spacial score (nSPS) is 19.9. The molecule has 4 aromatic rings. The first-order chi connectivity index (χ1) is 54.8. The van der Waals surface area contributed by atoms with Crippen molar-refractivity contribution in [1.29, 1.82) is 10.8 Å². The summed E-state index contributed by atoms with van der Waals surface area (Å²) in [6.45, 7) is -1.92. The van der Waals surface area contributed by atoms with E-state index in [-0.39, 0.29) is 145 Å². The Kier molecular flexibility index (Phi) is 36.8. The Labute approximate surface area is 659 Å². The molecule has 0 radical (unpaired) electrons. The lowest BCUT2D eigenvalue weighted by Crippen LogP contribution is -2.58. The van der Waals surface area contributed by atoms with Gasteiger partial charge in [-0.15, -0.1) is 5.11 Å². The molecule has 0 bridgehead atoms. The molecule has 0 spiro atoms. The number of benzene rings is 3. The zero-order valence-corrected chi connectivity index (χ0v) is 63.3. The van der Waals surface area contributed by atoms with Crippen LogP contribution in [0.2, 0.25) is 0 Å². The van der Waals surface area contributed by atoms with Gasteiger partial charge < -0.3 is 101 Å². The molecule has 6 rings (SSSR count). The largest absolute Gasteiger partial charge is 0.481 e. The first-order valence-electron chi connectivity index (χ1n) is 36.7. The third-order valence-electron chi connectivity index (χ3n) is 17.7. The van der Waals surface area contributed by atoms with Gasteiger partial charge in [0.15, 0.2) is 17.7 Å². The minimum Gasteiger partial charge on any atom is -0.481 e. The van der Waals surface area contributed by atoms with Crippen LogP contribution in [0.5, 0.6) is 0 Å². The number of unbranched alkanes of at least 4 members (excludes halogenated alkanes) is 2. The van der Waals surface area contributed by atoms with Crippen molar-refractivity contribution >= 4 is 117 Å². The van der Waals surface area contributed by atoms with E-state index in [9.17, 15) is 95.1 Å². The standard InChI is InChI=1S/C72H96N22O20S/c73-71(74)79-31-13-22-45-65(106)88-47(67(108)90-50(33-41-15-3-1-4-16-41)69(110)92-52(35-59(98)99)63(104)82-39-57(96)85-45)20-9-11-29-77-56(95)28-26-49(87-61(102)44-25-27-55(81-37-44)94-84-38-43-19-7-8-24-54(43)115(112,113)114)62(103)78-30-12-10-21-48-68(109)91-51(34-42-17-5-2-6-18-42)70(111)93-53(36-60(100)101)64(105)83-40-58(97)86-46(66(107)89-48)23-14-32-80-72(75)76/h1-8,15-19,24-25,27,37,45-53H,9-14,20-23,26,28-36,38-40H2,(H,77,95)(H,78,103)(H,82,104)(H,83,105)(H,85,96)(H,86,97)(H,87,102)(H,88,106)(H,89,107)(H,90,108)(H,91,109)(H,92,110)(H,93,111)(H,98,99)(H,100,101)(H4,73,74,79)(H4,75,76,80)(H,112,113,114)/t45-,46-,47+,48?,49?,50+,51+,52+,53+/m0/s1. The number of carboxylic acids is 2. The first-order valence-corrected chi connectivity index (χ1v) is 38.1. The molecule has 13 amide bonds. The highest BCUT2D eigenvalue weighted by molar-refractivity contribution is 7.85. The van der Waals surface area contributed by atoms with Gasteiger partial charge in [-0.2, -0.15) is 13.5 Å².